The van der Waals surface area contributed by atoms with Crippen molar-refractivity contribution in [1.82, 2.24) is 9.97 Å². The SMILES string of the molecule is CCCc1ccc(C(CC)OC(=O)c2ncc(CC)cn2)cc1. The lowest BCUT2D eigenvalue weighted by Gasteiger charge is -2.16. The van der Waals surface area contributed by atoms with Crippen LogP contribution in [0.1, 0.15) is 67.0 Å². The first-order valence-corrected chi connectivity index (χ1v) is 8.28. The first-order chi connectivity index (χ1) is 11.2. The van der Waals surface area contributed by atoms with Gasteiger partial charge in [-0.3, -0.25) is 0 Å². The van der Waals surface area contributed by atoms with E-state index in [9.17, 15) is 4.79 Å². The lowest BCUT2D eigenvalue weighted by atomic mass is 10.0. The van der Waals surface area contributed by atoms with Gasteiger partial charge < -0.3 is 4.74 Å². The van der Waals surface area contributed by atoms with Gasteiger partial charge >= 0.3 is 5.97 Å². The molecule has 23 heavy (non-hydrogen) atoms. The Morgan fingerprint density at radius 2 is 1.70 bits per heavy atom. The third kappa shape index (κ3) is 4.62. The minimum absolute atomic E-state index is 0.114. The number of nitrogens with zero attached hydrogens (tertiary/aromatic N) is 2. The Hall–Kier alpha value is -2.23. The number of carbonyl (C=O) groups is 1. The zero-order chi connectivity index (χ0) is 16.7. The van der Waals surface area contributed by atoms with E-state index in [1.165, 1.54) is 5.56 Å². The summed E-state index contributed by atoms with van der Waals surface area (Å²) in [4.78, 5) is 20.4. The summed E-state index contributed by atoms with van der Waals surface area (Å²) in [5.41, 5.74) is 3.31. The number of aromatic nitrogens is 2. The maximum Gasteiger partial charge on any atom is 0.376 e. The Morgan fingerprint density at radius 1 is 1.04 bits per heavy atom. The molecule has 0 saturated heterocycles. The molecule has 0 aliphatic heterocycles. The number of aryl methyl sites for hydroxylation is 2. The van der Waals surface area contributed by atoms with Crippen molar-refractivity contribution >= 4 is 5.97 Å². The molecule has 0 amide bonds. The number of rotatable bonds is 7. The van der Waals surface area contributed by atoms with E-state index in [-0.39, 0.29) is 11.9 Å². The maximum atomic E-state index is 12.2. The van der Waals surface area contributed by atoms with Gasteiger partial charge in [-0.25, -0.2) is 14.8 Å². The highest BCUT2D eigenvalue weighted by Crippen LogP contribution is 2.22. The summed E-state index contributed by atoms with van der Waals surface area (Å²) >= 11 is 0. The molecule has 4 nitrogen and oxygen atoms in total. The third-order valence-electron chi connectivity index (χ3n) is 3.81. The zero-order valence-corrected chi connectivity index (χ0v) is 14.1. The minimum atomic E-state index is -0.475. The van der Waals surface area contributed by atoms with E-state index >= 15 is 0 Å². The van der Waals surface area contributed by atoms with Crippen LogP contribution in [-0.4, -0.2) is 15.9 Å². The molecule has 0 bridgehead atoms. The molecule has 1 unspecified atom stereocenters. The van der Waals surface area contributed by atoms with Crippen LogP contribution in [0.3, 0.4) is 0 Å². The van der Waals surface area contributed by atoms with Crippen molar-refractivity contribution in [2.75, 3.05) is 0 Å². The fourth-order valence-electron chi connectivity index (χ4n) is 2.40. The predicted molar refractivity (Wildman–Crippen MR) is 90.3 cm³/mol. The van der Waals surface area contributed by atoms with Gasteiger partial charge in [0.2, 0.25) is 5.82 Å². The van der Waals surface area contributed by atoms with Crippen LogP contribution in [0.4, 0.5) is 0 Å². The summed E-state index contributed by atoms with van der Waals surface area (Å²) in [6, 6.07) is 8.27. The highest BCUT2D eigenvalue weighted by molar-refractivity contribution is 5.85. The quantitative estimate of drug-likeness (QED) is 0.715. The monoisotopic (exact) mass is 312 g/mol. The summed E-state index contributed by atoms with van der Waals surface area (Å²) < 4.78 is 5.58. The van der Waals surface area contributed by atoms with E-state index in [1.54, 1.807) is 12.4 Å². The summed E-state index contributed by atoms with van der Waals surface area (Å²) in [6.07, 6.45) is 6.81. The second kappa shape index (κ2) is 8.42. The van der Waals surface area contributed by atoms with E-state index in [2.05, 4.69) is 29.0 Å². The number of esters is 1. The average Bonchev–Trinajstić information content (AvgIpc) is 2.60. The molecule has 0 radical (unpaired) electrons. The van der Waals surface area contributed by atoms with Gasteiger partial charge in [-0.2, -0.15) is 0 Å². The van der Waals surface area contributed by atoms with Gasteiger partial charge in [-0.15, -0.1) is 0 Å². The standard InChI is InChI=1S/C19H24N2O2/c1-4-7-15-8-10-16(11-9-15)17(6-3)23-19(22)18-20-12-14(5-2)13-21-18/h8-13,17H,4-7H2,1-3H3. The molecule has 1 aromatic heterocycles. The lowest BCUT2D eigenvalue weighted by Crippen LogP contribution is -2.14. The highest BCUT2D eigenvalue weighted by Gasteiger charge is 2.18. The van der Waals surface area contributed by atoms with Crippen molar-refractivity contribution in [1.29, 1.82) is 0 Å². The molecule has 122 valence electrons. The molecule has 1 aromatic carbocycles. The molecule has 0 aliphatic rings. The van der Waals surface area contributed by atoms with Crippen molar-refractivity contribution in [3.8, 4) is 0 Å². The van der Waals surface area contributed by atoms with Crippen LogP contribution in [0.15, 0.2) is 36.7 Å². The van der Waals surface area contributed by atoms with Crippen LogP contribution in [-0.2, 0) is 17.6 Å². The molecule has 0 spiro atoms. The minimum Gasteiger partial charge on any atom is -0.452 e. The Balaban J connectivity index is 2.06. The van der Waals surface area contributed by atoms with Crippen LogP contribution in [0.5, 0.6) is 0 Å². The van der Waals surface area contributed by atoms with Crippen LogP contribution in [0, 0.1) is 0 Å². The molecule has 2 rings (SSSR count). The molecule has 2 aromatic rings. The van der Waals surface area contributed by atoms with E-state index in [0.717, 1.165) is 30.4 Å². The van der Waals surface area contributed by atoms with Gasteiger partial charge in [-0.1, -0.05) is 51.5 Å². The molecular formula is C19H24N2O2. The van der Waals surface area contributed by atoms with E-state index in [0.29, 0.717) is 6.42 Å². The molecule has 4 heteroatoms. The third-order valence-corrected chi connectivity index (χ3v) is 3.81. The van der Waals surface area contributed by atoms with Crippen molar-refractivity contribution in [2.24, 2.45) is 0 Å². The second-order valence-electron chi connectivity index (χ2n) is 5.56. The number of carbonyl (C=O) groups excluding carboxylic acids is 1. The Kier molecular flexibility index (Phi) is 6.27. The van der Waals surface area contributed by atoms with Crippen molar-refractivity contribution in [3.63, 3.8) is 0 Å². The molecule has 1 atom stereocenters. The van der Waals surface area contributed by atoms with Gasteiger partial charge in [-0.05, 0) is 36.0 Å². The maximum absolute atomic E-state index is 12.2. The van der Waals surface area contributed by atoms with Gasteiger partial charge in [0.15, 0.2) is 0 Å². The molecule has 0 fully saturated rings. The molecule has 0 saturated carbocycles. The molecule has 1 heterocycles. The normalized spacial score (nSPS) is 12.0. The summed E-state index contributed by atoms with van der Waals surface area (Å²) in [6.45, 7) is 6.18. The van der Waals surface area contributed by atoms with Crippen LogP contribution >= 0.6 is 0 Å². The van der Waals surface area contributed by atoms with Crippen LogP contribution in [0.2, 0.25) is 0 Å². The fourth-order valence-corrected chi connectivity index (χ4v) is 2.40. The Bertz CT molecular complexity index is 621. The van der Waals surface area contributed by atoms with Crippen LogP contribution in [0.25, 0.3) is 0 Å². The van der Waals surface area contributed by atoms with E-state index in [1.807, 2.05) is 26.0 Å². The number of hydrogen-bond acceptors (Lipinski definition) is 4. The molecule has 0 aliphatic carbocycles. The van der Waals surface area contributed by atoms with E-state index < -0.39 is 5.97 Å². The lowest BCUT2D eigenvalue weighted by molar-refractivity contribution is 0.0273. The highest BCUT2D eigenvalue weighted by atomic mass is 16.5. The summed E-state index contributed by atoms with van der Waals surface area (Å²) in [7, 11) is 0. The first-order valence-electron chi connectivity index (χ1n) is 8.28. The Morgan fingerprint density at radius 3 is 2.22 bits per heavy atom. The van der Waals surface area contributed by atoms with Gasteiger partial charge in [0, 0.05) is 12.4 Å². The number of hydrogen-bond donors (Lipinski definition) is 0. The predicted octanol–water partition coefficient (Wildman–Crippen LogP) is 4.30. The molecule has 0 N–H and O–H groups in total. The fraction of sp³-hybridized carbons (Fsp3) is 0.421. The second-order valence-corrected chi connectivity index (χ2v) is 5.56. The summed E-state index contributed by atoms with van der Waals surface area (Å²) in [5, 5.41) is 0. The van der Waals surface area contributed by atoms with Crippen LogP contribution < -0.4 is 0 Å². The number of ether oxygens (including phenoxy) is 1. The van der Waals surface area contributed by atoms with Crippen molar-refractivity contribution in [3.05, 3.63) is 59.2 Å². The smallest absolute Gasteiger partial charge is 0.376 e. The summed E-state index contributed by atoms with van der Waals surface area (Å²) in [5.74, 6) is -0.361. The van der Waals surface area contributed by atoms with Crippen molar-refractivity contribution in [2.45, 2.75) is 52.6 Å². The van der Waals surface area contributed by atoms with E-state index in [4.69, 9.17) is 4.74 Å². The topological polar surface area (TPSA) is 52.1 Å². The number of benzene rings is 1. The Labute approximate surface area is 137 Å². The van der Waals surface area contributed by atoms with Gasteiger partial charge in [0.25, 0.3) is 0 Å². The largest absolute Gasteiger partial charge is 0.452 e. The van der Waals surface area contributed by atoms with Crippen molar-refractivity contribution < 1.29 is 9.53 Å². The van der Waals surface area contributed by atoms with Gasteiger partial charge in [0.1, 0.15) is 6.10 Å². The first kappa shape index (κ1) is 17.1. The average molecular weight is 312 g/mol. The molecular weight excluding hydrogens is 288 g/mol. The van der Waals surface area contributed by atoms with Gasteiger partial charge in [0.05, 0.1) is 0 Å². The zero-order valence-electron chi connectivity index (χ0n) is 14.1.